The van der Waals surface area contributed by atoms with Gasteiger partial charge >= 0.3 is 0 Å². The monoisotopic (exact) mass is 276 g/mol. The molecule has 0 aliphatic rings. The van der Waals surface area contributed by atoms with Gasteiger partial charge < -0.3 is 5.11 Å². The molecular formula is C12H18Cl2OSi. The number of hydrogen-bond donors (Lipinski definition) is 1. The molecule has 1 aromatic carbocycles. The van der Waals surface area contributed by atoms with Crippen molar-refractivity contribution in [3.05, 3.63) is 34.9 Å². The minimum Gasteiger partial charge on any atom is -0.384 e. The fourth-order valence-electron chi connectivity index (χ4n) is 1.86. The maximum absolute atomic E-state index is 10.6. The number of alkyl halides is 1. The van der Waals surface area contributed by atoms with Crippen molar-refractivity contribution in [1.29, 1.82) is 0 Å². The van der Waals surface area contributed by atoms with Crippen LogP contribution in [0.4, 0.5) is 0 Å². The number of hydrogen-bond acceptors (Lipinski definition) is 1. The summed E-state index contributed by atoms with van der Waals surface area (Å²) in [6, 6.07) is 8.04. The van der Waals surface area contributed by atoms with E-state index in [9.17, 15) is 5.11 Å². The van der Waals surface area contributed by atoms with Crippen molar-refractivity contribution in [1.82, 2.24) is 0 Å². The lowest BCUT2D eigenvalue weighted by molar-refractivity contribution is 0.0808. The largest absolute Gasteiger partial charge is 0.384 e. The van der Waals surface area contributed by atoms with Crippen LogP contribution in [0.15, 0.2) is 24.3 Å². The lowest BCUT2D eigenvalue weighted by Gasteiger charge is -2.32. The summed E-state index contributed by atoms with van der Waals surface area (Å²) >= 11 is 11.8. The molecule has 1 unspecified atom stereocenters. The van der Waals surface area contributed by atoms with E-state index in [2.05, 4.69) is 19.6 Å². The minimum atomic E-state index is -1.38. The average Bonchev–Trinajstić information content (AvgIpc) is 2.16. The van der Waals surface area contributed by atoms with Gasteiger partial charge in [0.25, 0.3) is 0 Å². The van der Waals surface area contributed by atoms with Crippen LogP contribution >= 0.6 is 23.2 Å². The lowest BCUT2D eigenvalue weighted by Crippen LogP contribution is -2.37. The van der Waals surface area contributed by atoms with Crippen molar-refractivity contribution >= 4 is 31.3 Å². The third-order valence-electron chi connectivity index (χ3n) is 2.43. The Hall–Kier alpha value is -0.0231. The van der Waals surface area contributed by atoms with Crippen molar-refractivity contribution < 1.29 is 5.11 Å². The Bertz CT molecular complexity index is 345. The minimum absolute atomic E-state index is 0.221. The molecule has 1 N–H and O–H groups in total. The summed E-state index contributed by atoms with van der Waals surface area (Å²) in [6.45, 7) is 6.67. The number of rotatable bonds is 4. The van der Waals surface area contributed by atoms with E-state index in [1.165, 1.54) is 0 Å². The van der Waals surface area contributed by atoms with Crippen molar-refractivity contribution in [2.45, 2.75) is 31.3 Å². The van der Waals surface area contributed by atoms with Crippen LogP contribution < -0.4 is 0 Å². The maximum Gasteiger partial charge on any atom is 0.101 e. The molecule has 16 heavy (non-hydrogen) atoms. The molecule has 0 saturated heterocycles. The van der Waals surface area contributed by atoms with Crippen molar-refractivity contribution in [3.8, 4) is 0 Å². The van der Waals surface area contributed by atoms with Gasteiger partial charge in [-0.3, -0.25) is 0 Å². The Kier molecular flexibility index (Phi) is 4.47. The third kappa shape index (κ3) is 3.77. The Balaban J connectivity index is 3.00. The molecule has 0 spiro atoms. The molecule has 90 valence electrons. The first-order valence-electron chi connectivity index (χ1n) is 5.31. The first-order valence-corrected chi connectivity index (χ1v) is 9.93. The zero-order valence-corrected chi connectivity index (χ0v) is 12.4. The highest BCUT2D eigenvalue weighted by Crippen LogP contribution is 2.32. The normalized spacial score (nSPS) is 15.9. The second kappa shape index (κ2) is 5.09. The van der Waals surface area contributed by atoms with E-state index in [0.29, 0.717) is 5.02 Å². The summed E-state index contributed by atoms with van der Waals surface area (Å²) in [5.74, 6) is 0.221. The van der Waals surface area contributed by atoms with Crippen molar-refractivity contribution in [3.63, 3.8) is 0 Å². The summed E-state index contributed by atoms with van der Waals surface area (Å²) in [5.41, 5.74) is -0.0642. The Morgan fingerprint density at radius 1 is 1.19 bits per heavy atom. The van der Waals surface area contributed by atoms with Gasteiger partial charge in [-0.1, -0.05) is 43.4 Å². The zero-order valence-electron chi connectivity index (χ0n) is 9.93. The number of benzene rings is 1. The van der Waals surface area contributed by atoms with E-state index >= 15 is 0 Å². The second-order valence-electron chi connectivity index (χ2n) is 5.41. The second-order valence-corrected chi connectivity index (χ2v) is 11.6. The molecule has 1 nitrogen and oxygen atoms in total. The van der Waals surface area contributed by atoms with E-state index in [1.807, 2.05) is 12.1 Å². The Morgan fingerprint density at radius 2 is 1.69 bits per heavy atom. The molecule has 0 fully saturated rings. The van der Waals surface area contributed by atoms with Gasteiger partial charge in [0, 0.05) is 13.1 Å². The van der Waals surface area contributed by atoms with Gasteiger partial charge in [-0.05, 0) is 23.7 Å². The number of halogens is 2. The molecule has 0 saturated carbocycles. The Morgan fingerprint density at radius 3 is 2.06 bits per heavy atom. The first kappa shape index (κ1) is 14.0. The quantitative estimate of drug-likeness (QED) is 0.648. The molecule has 0 aliphatic carbocycles. The third-order valence-corrected chi connectivity index (χ3v) is 4.77. The molecule has 0 aliphatic heterocycles. The van der Waals surface area contributed by atoms with Gasteiger partial charge in [0.1, 0.15) is 5.60 Å². The predicted octanol–water partition coefficient (Wildman–Crippen LogP) is 4.10. The van der Waals surface area contributed by atoms with Crippen LogP contribution in [0.3, 0.4) is 0 Å². The molecule has 0 aromatic heterocycles. The smallest absolute Gasteiger partial charge is 0.101 e. The fourth-order valence-corrected chi connectivity index (χ4v) is 4.48. The van der Waals surface area contributed by atoms with Gasteiger partial charge in [0.15, 0.2) is 0 Å². The molecule has 0 heterocycles. The highest BCUT2D eigenvalue weighted by Gasteiger charge is 2.34. The van der Waals surface area contributed by atoms with E-state index in [4.69, 9.17) is 23.2 Å². The molecule has 0 radical (unpaired) electrons. The number of aliphatic hydroxyl groups is 1. The summed E-state index contributed by atoms with van der Waals surface area (Å²) in [6.07, 6.45) is 0. The van der Waals surface area contributed by atoms with Gasteiger partial charge in [-0.15, -0.1) is 11.6 Å². The van der Waals surface area contributed by atoms with Crippen LogP contribution in [0.5, 0.6) is 0 Å². The van der Waals surface area contributed by atoms with Crippen LogP contribution in [0.2, 0.25) is 30.7 Å². The first-order chi connectivity index (χ1) is 7.27. The molecule has 0 amide bonds. The van der Waals surface area contributed by atoms with E-state index in [0.717, 1.165) is 11.6 Å². The average molecular weight is 277 g/mol. The molecule has 0 bridgehead atoms. The lowest BCUT2D eigenvalue weighted by atomic mass is 9.98. The van der Waals surface area contributed by atoms with Gasteiger partial charge in [0.05, 0.1) is 5.88 Å². The summed E-state index contributed by atoms with van der Waals surface area (Å²) in [7, 11) is -1.38. The molecule has 4 heteroatoms. The van der Waals surface area contributed by atoms with Crippen molar-refractivity contribution in [2.24, 2.45) is 0 Å². The van der Waals surface area contributed by atoms with E-state index < -0.39 is 13.7 Å². The van der Waals surface area contributed by atoms with Crippen molar-refractivity contribution in [2.75, 3.05) is 5.88 Å². The van der Waals surface area contributed by atoms with E-state index in [1.54, 1.807) is 12.1 Å². The van der Waals surface area contributed by atoms with Gasteiger partial charge in [-0.2, -0.15) is 0 Å². The van der Waals surface area contributed by atoms with Crippen LogP contribution in [0.25, 0.3) is 0 Å². The molecular weight excluding hydrogens is 259 g/mol. The maximum atomic E-state index is 10.6. The predicted molar refractivity (Wildman–Crippen MR) is 74.2 cm³/mol. The van der Waals surface area contributed by atoms with Gasteiger partial charge in [-0.25, -0.2) is 0 Å². The molecule has 1 atom stereocenters. The topological polar surface area (TPSA) is 20.2 Å². The summed E-state index contributed by atoms with van der Waals surface area (Å²) < 4.78 is 0. The standard InChI is InChI=1S/C12H18Cl2OSi/c1-16(2,3)9-12(15,8-13)10-4-6-11(14)7-5-10/h4-7,15H,8-9H2,1-3H3. The highest BCUT2D eigenvalue weighted by atomic mass is 35.5. The summed E-state index contributed by atoms with van der Waals surface area (Å²) in [4.78, 5) is 0. The fraction of sp³-hybridized carbons (Fsp3) is 0.500. The SMILES string of the molecule is C[Si](C)(C)CC(O)(CCl)c1ccc(Cl)cc1. The zero-order chi connectivity index (χ0) is 12.4. The molecule has 1 rings (SSSR count). The van der Waals surface area contributed by atoms with Crippen LogP contribution in [-0.2, 0) is 5.60 Å². The van der Waals surface area contributed by atoms with Crippen LogP contribution in [0, 0.1) is 0 Å². The Labute approximate surface area is 108 Å². The highest BCUT2D eigenvalue weighted by molar-refractivity contribution is 6.76. The van der Waals surface area contributed by atoms with Crippen LogP contribution in [-0.4, -0.2) is 19.1 Å². The van der Waals surface area contributed by atoms with Crippen LogP contribution in [0.1, 0.15) is 5.56 Å². The molecule has 1 aromatic rings. The van der Waals surface area contributed by atoms with E-state index in [-0.39, 0.29) is 5.88 Å². The van der Waals surface area contributed by atoms with Gasteiger partial charge in [0.2, 0.25) is 0 Å². The summed E-state index contributed by atoms with van der Waals surface area (Å²) in [5, 5.41) is 11.3.